The molecule has 0 unspecified atom stereocenters. The van der Waals surface area contributed by atoms with Crippen molar-refractivity contribution in [1.29, 1.82) is 0 Å². The molecule has 0 heterocycles. The topological polar surface area (TPSA) is 165 Å². The fourth-order valence-electron chi connectivity index (χ4n) is 1.42. The van der Waals surface area contributed by atoms with E-state index in [1.165, 1.54) is 32.1 Å². The zero-order valence-corrected chi connectivity index (χ0v) is 17.3. The van der Waals surface area contributed by atoms with Crippen LogP contribution in [0.3, 0.4) is 0 Å². The van der Waals surface area contributed by atoms with E-state index in [0.29, 0.717) is 19.1 Å². The summed E-state index contributed by atoms with van der Waals surface area (Å²) in [5.41, 5.74) is 5.63. The number of rotatable bonds is 2. The van der Waals surface area contributed by atoms with Crippen molar-refractivity contribution in [2.45, 2.75) is 52.0 Å². The van der Waals surface area contributed by atoms with Gasteiger partial charge in [-0.25, -0.2) is 0 Å². The second-order valence-electron chi connectivity index (χ2n) is 4.03. The normalized spacial score (nSPS) is 11.6. The predicted octanol–water partition coefficient (Wildman–Crippen LogP) is -6.68. The van der Waals surface area contributed by atoms with Gasteiger partial charge in [-0.1, -0.05) is 19.3 Å². The fraction of sp³-hybridized carbons (Fsp3) is 0.833. The molecule has 0 spiro atoms. The van der Waals surface area contributed by atoms with E-state index in [1.54, 1.807) is 13.8 Å². The number of amides is 2. The number of halogens is 2. The zero-order chi connectivity index (χ0) is 15.1. The monoisotopic (exact) mass is 557 g/mol. The van der Waals surface area contributed by atoms with Gasteiger partial charge in [-0.15, -0.1) is 0 Å². The number of carbonyl (C=O) groups excluding carboxylic acids is 2. The van der Waals surface area contributed by atoms with E-state index >= 15 is 0 Å². The van der Waals surface area contributed by atoms with Gasteiger partial charge in [-0.05, 0) is 26.7 Å². The van der Waals surface area contributed by atoms with Crippen LogP contribution < -0.4 is 57.5 Å². The van der Waals surface area contributed by atoms with Gasteiger partial charge in [0, 0.05) is 19.1 Å². The van der Waals surface area contributed by atoms with Crippen LogP contribution >= 0.6 is 0 Å². The van der Waals surface area contributed by atoms with Crippen molar-refractivity contribution < 1.29 is 65.7 Å². The number of carboxylic acid groups (broad SMARTS) is 2. The van der Waals surface area contributed by atoms with E-state index in [-0.39, 0.29) is 52.0 Å². The SMILES string of the molecule is CCNC(=O)[O-].CCNC(=O)[O-].N.NC1CCCCC1.[Cl-].[Cl-].[Pt+4]. The molecule has 1 fully saturated rings. The molecule has 0 aliphatic heterocycles. The second kappa shape index (κ2) is 29.7. The van der Waals surface area contributed by atoms with E-state index in [9.17, 15) is 19.8 Å². The quantitative estimate of drug-likeness (QED) is 0.263. The van der Waals surface area contributed by atoms with Crippen LogP contribution in [-0.2, 0) is 21.1 Å². The standard InChI is InChI=1S/C6H13N.2C3H7NO2.2ClH.H3N.Pt/c7-6-4-2-1-3-5-6;2*1-2-4-3(5)6;;;;/h6H,1-5,7H2;2*4H,2H2,1H3,(H,5,6);2*1H;1H3;/q;;;;;;+4/p-4. The van der Waals surface area contributed by atoms with Gasteiger partial charge in [0.15, 0.2) is 0 Å². The maximum absolute atomic E-state index is 9.38. The molecule has 1 aliphatic carbocycles. The van der Waals surface area contributed by atoms with Gasteiger partial charge in [0.2, 0.25) is 0 Å². The molecule has 0 aromatic carbocycles. The summed E-state index contributed by atoms with van der Waals surface area (Å²) in [6.07, 6.45) is 4.24. The molecule has 1 aliphatic rings. The summed E-state index contributed by atoms with van der Waals surface area (Å²) < 4.78 is 0. The molecular weight excluding hydrogens is 530 g/mol. The summed E-state index contributed by atoms with van der Waals surface area (Å²) in [6.45, 7) is 4.22. The minimum absolute atomic E-state index is 0. The number of hydrogen-bond donors (Lipinski definition) is 4. The molecule has 0 radical (unpaired) electrons. The molecule has 144 valence electrons. The number of nitrogens with two attached hydrogens (primary N) is 1. The van der Waals surface area contributed by atoms with Gasteiger partial charge >= 0.3 is 21.1 Å². The maximum atomic E-state index is 9.38. The first-order valence-electron chi connectivity index (χ1n) is 6.59. The van der Waals surface area contributed by atoms with Gasteiger partial charge in [-0.2, -0.15) is 0 Å². The maximum Gasteiger partial charge on any atom is 4.00 e. The van der Waals surface area contributed by atoms with Gasteiger partial charge < -0.3 is 67.1 Å². The van der Waals surface area contributed by atoms with Crippen molar-refractivity contribution >= 4 is 12.2 Å². The minimum Gasteiger partial charge on any atom is -1.00 e. The Balaban J connectivity index is -0.0000000436. The van der Waals surface area contributed by atoms with E-state index in [0.717, 1.165) is 0 Å². The summed E-state index contributed by atoms with van der Waals surface area (Å²) in [5, 5.41) is 22.8. The third-order valence-corrected chi connectivity index (χ3v) is 2.29. The summed E-state index contributed by atoms with van der Waals surface area (Å²) in [4.78, 5) is 18.8. The Bertz CT molecular complexity index is 233. The van der Waals surface area contributed by atoms with Crippen LogP contribution in [0.5, 0.6) is 0 Å². The number of carbonyl (C=O) groups is 2. The number of nitrogens with one attached hydrogen (secondary N) is 2. The molecule has 0 saturated heterocycles. The van der Waals surface area contributed by atoms with Gasteiger partial charge in [0.25, 0.3) is 0 Å². The minimum atomic E-state index is -1.21. The average Bonchev–Trinajstić information content (AvgIpc) is 2.31. The van der Waals surface area contributed by atoms with E-state index < -0.39 is 12.2 Å². The van der Waals surface area contributed by atoms with Crippen LogP contribution in [0.25, 0.3) is 0 Å². The summed E-state index contributed by atoms with van der Waals surface area (Å²) in [7, 11) is 0. The van der Waals surface area contributed by atoms with Gasteiger partial charge in [0.1, 0.15) is 12.2 Å². The van der Waals surface area contributed by atoms with Crippen molar-refractivity contribution in [3.05, 3.63) is 0 Å². The Hall–Kier alpha value is -0.272. The Kier molecular flexibility index (Phi) is 49.5. The molecule has 11 heteroatoms. The molecule has 23 heavy (non-hydrogen) atoms. The van der Waals surface area contributed by atoms with E-state index in [2.05, 4.69) is 0 Å². The molecule has 0 aromatic rings. The predicted molar refractivity (Wildman–Crippen MR) is 74.2 cm³/mol. The van der Waals surface area contributed by atoms with Crippen LogP contribution in [0, 0.1) is 0 Å². The van der Waals surface area contributed by atoms with Crippen molar-refractivity contribution in [3.8, 4) is 0 Å². The average molecular weight is 558 g/mol. The smallest absolute Gasteiger partial charge is 1.00 e. The number of hydrogen-bond acceptors (Lipinski definition) is 6. The van der Waals surface area contributed by atoms with Crippen LogP contribution in [-0.4, -0.2) is 31.3 Å². The zero-order valence-electron chi connectivity index (χ0n) is 13.5. The first-order chi connectivity index (χ1) is 8.93. The molecule has 7 N–H and O–H groups in total. The summed E-state index contributed by atoms with van der Waals surface area (Å²) in [6, 6.07) is 0.536. The fourth-order valence-corrected chi connectivity index (χ4v) is 1.42. The molecule has 0 atom stereocenters. The van der Waals surface area contributed by atoms with Crippen LogP contribution in [0.15, 0.2) is 0 Å². The van der Waals surface area contributed by atoms with E-state index in [1.807, 2.05) is 10.6 Å². The third kappa shape index (κ3) is 44.9. The molecule has 1 saturated carbocycles. The van der Waals surface area contributed by atoms with Crippen LogP contribution in [0.2, 0.25) is 0 Å². The Morgan fingerprint density at radius 3 is 1.35 bits per heavy atom. The van der Waals surface area contributed by atoms with Crippen molar-refractivity contribution in [2.24, 2.45) is 5.73 Å². The van der Waals surface area contributed by atoms with Crippen LogP contribution in [0.1, 0.15) is 46.0 Å². The Labute approximate surface area is 165 Å². The van der Waals surface area contributed by atoms with Gasteiger partial charge in [0.05, 0.1) is 0 Å². The first-order valence-corrected chi connectivity index (χ1v) is 6.59. The van der Waals surface area contributed by atoms with Crippen LogP contribution in [0.4, 0.5) is 9.59 Å². The Morgan fingerprint density at radius 1 is 0.957 bits per heavy atom. The molecule has 0 bridgehead atoms. The largest absolute Gasteiger partial charge is 4.00 e. The molecule has 1 rings (SSSR count). The second-order valence-corrected chi connectivity index (χ2v) is 4.03. The third-order valence-electron chi connectivity index (χ3n) is 2.29. The van der Waals surface area contributed by atoms with Gasteiger partial charge in [-0.3, -0.25) is 0 Å². The summed E-state index contributed by atoms with van der Waals surface area (Å²) >= 11 is 0. The molecule has 8 nitrogen and oxygen atoms in total. The Morgan fingerprint density at radius 2 is 1.26 bits per heavy atom. The van der Waals surface area contributed by atoms with Crippen molar-refractivity contribution in [1.82, 2.24) is 16.8 Å². The summed E-state index contributed by atoms with van der Waals surface area (Å²) in [5.74, 6) is 0. The molecular formula is C12H28Cl2N4O4Pt. The molecule has 0 aromatic heterocycles. The first kappa shape index (κ1) is 38.3. The van der Waals surface area contributed by atoms with Crippen molar-refractivity contribution in [3.63, 3.8) is 0 Å². The van der Waals surface area contributed by atoms with Crippen molar-refractivity contribution in [2.75, 3.05) is 13.1 Å². The van der Waals surface area contributed by atoms with E-state index in [4.69, 9.17) is 5.73 Å². The molecule has 2 amide bonds.